The third-order valence-corrected chi connectivity index (χ3v) is 9.97. The summed E-state index contributed by atoms with van der Waals surface area (Å²) in [7, 11) is 0. The van der Waals surface area contributed by atoms with Gasteiger partial charge in [0.25, 0.3) is 0 Å². The predicted molar refractivity (Wildman–Crippen MR) is 228 cm³/mol. The van der Waals surface area contributed by atoms with Crippen molar-refractivity contribution in [3.63, 3.8) is 0 Å². The number of Topliss-reactive ketones (excluding diaryl/α,β-unsaturated/α-hetero) is 2. The third kappa shape index (κ3) is 40.0. The number of rotatable bonds is 45. The Morgan fingerprint density at radius 2 is 0.983 bits per heavy atom. The number of carboxylic acids is 2. The monoisotopic (exact) mass is 858 g/mol. The van der Waals surface area contributed by atoms with Gasteiger partial charge >= 0.3 is 11.9 Å². The van der Waals surface area contributed by atoms with Crippen molar-refractivity contribution in [3.05, 3.63) is 0 Å². The maximum atomic E-state index is 12.3. The zero-order valence-electron chi connectivity index (χ0n) is 36.9. The Hall–Kier alpha value is -3.47. The molecule has 0 aliphatic carbocycles. The van der Waals surface area contributed by atoms with E-state index in [-0.39, 0.29) is 107 Å². The quantitative estimate of drug-likeness (QED) is 0.0463. The van der Waals surface area contributed by atoms with Crippen LogP contribution in [0.25, 0.3) is 0 Å². The van der Waals surface area contributed by atoms with Crippen LogP contribution in [0.4, 0.5) is 0 Å². The van der Waals surface area contributed by atoms with Gasteiger partial charge in [-0.15, -0.1) is 0 Å². The summed E-state index contributed by atoms with van der Waals surface area (Å²) >= 11 is 0. The molecule has 16 heteroatoms. The van der Waals surface area contributed by atoms with Crippen molar-refractivity contribution >= 4 is 41.2 Å². The normalized spacial score (nSPS) is 12.1. The second-order valence-corrected chi connectivity index (χ2v) is 15.5. The van der Waals surface area contributed by atoms with Crippen LogP contribution >= 0.6 is 0 Å². The van der Waals surface area contributed by atoms with Crippen molar-refractivity contribution in [1.82, 2.24) is 16.0 Å². The van der Waals surface area contributed by atoms with Gasteiger partial charge in [-0.05, 0) is 45.4 Å². The van der Waals surface area contributed by atoms with Crippen LogP contribution in [0, 0.1) is 5.92 Å². The Morgan fingerprint density at radius 1 is 0.467 bits per heavy atom. The van der Waals surface area contributed by atoms with Crippen LogP contribution in [0.1, 0.15) is 162 Å². The van der Waals surface area contributed by atoms with Crippen LogP contribution in [-0.4, -0.2) is 123 Å². The molecule has 0 aliphatic heterocycles. The maximum Gasteiger partial charge on any atom is 0.326 e. The minimum atomic E-state index is -1.18. The van der Waals surface area contributed by atoms with Crippen LogP contribution < -0.4 is 16.0 Å². The van der Waals surface area contributed by atoms with Gasteiger partial charge in [0.2, 0.25) is 17.7 Å². The molecule has 5 N–H and O–H groups in total. The summed E-state index contributed by atoms with van der Waals surface area (Å²) in [6.45, 7) is 5.80. The number of hydrogen-bond donors (Lipinski definition) is 5. The molecule has 0 fully saturated rings. The predicted octanol–water partition coefficient (Wildman–Crippen LogP) is 5.71. The van der Waals surface area contributed by atoms with Gasteiger partial charge in [0.15, 0.2) is 5.78 Å². The Morgan fingerprint density at radius 3 is 1.55 bits per heavy atom. The molecule has 2 atom stereocenters. The van der Waals surface area contributed by atoms with E-state index in [4.69, 9.17) is 24.1 Å². The molecule has 0 saturated heterocycles. The molecule has 16 nitrogen and oxygen atoms in total. The molecular formula is C44H79N3O13. The van der Waals surface area contributed by atoms with Gasteiger partial charge in [0, 0.05) is 51.3 Å². The zero-order valence-corrected chi connectivity index (χ0v) is 36.9. The van der Waals surface area contributed by atoms with Crippen molar-refractivity contribution < 1.29 is 62.7 Å². The summed E-state index contributed by atoms with van der Waals surface area (Å²) in [4.78, 5) is 81.7. The second-order valence-electron chi connectivity index (χ2n) is 15.5. The number of hydrogen-bond acceptors (Lipinski definition) is 11. The van der Waals surface area contributed by atoms with E-state index in [0.29, 0.717) is 39.0 Å². The fourth-order valence-electron chi connectivity index (χ4n) is 6.13. The van der Waals surface area contributed by atoms with Crippen molar-refractivity contribution in [3.8, 4) is 0 Å². The van der Waals surface area contributed by atoms with Crippen LogP contribution in [0.5, 0.6) is 0 Å². The van der Waals surface area contributed by atoms with E-state index in [2.05, 4.69) is 16.0 Å². The Labute approximate surface area is 358 Å². The summed E-state index contributed by atoms with van der Waals surface area (Å²) in [6.07, 6.45) is 18.9. The van der Waals surface area contributed by atoms with E-state index in [1.54, 1.807) is 6.92 Å². The molecule has 0 aromatic carbocycles. The highest BCUT2D eigenvalue weighted by molar-refractivity contribution is 5.84. The lowest BCUT2D eigenvalue weighted by molar-refractivity contribution is -0.142. The first-order valence-corrected chi connectivity index (χ1v) is 22.5. The number of ketones is 2. The highest BCUT2D eigenvalue weighted by Gasteiger charge is 2.21. The van der Waals surface area contributed by atoms with E-state index >= 15 is 0 Å². The van der Waals surface area contributed by atoms with E-state index in [1.807, 2.05) is 6.92 Å². The van der Waals surface area contributed by atoms with Gasteiger partial charge < -0.3 is 45.1 Å². The molecule has 0 saturated carbocycles. The van der Waals surface area contributed by atoms with Crippen LogP contribution in [0.3, 0.4) is 0 Å². The molecule has 1 unspecified atom stereocenters. The lowest BCUT2D eigenvalue weighted by Crippen LogP contribution is -2.41. The SMILES string of the molecule is CC(=O)[C@@H](C)CCCCNC(=O)COCCOCCCC(=O)COCCOCCNC(=O)CCC(NC(=O)CCCCCCCCCCCCCCCCC(=O)O)C(=O)O. The molecule has 0 radical (unpaired) electrons. The number of ether oxygens (including phenoxy) is 4. The zero-order chi connectivity index (χ0) is 44.5. The van der Waals surface area contributed by atoms with Gasteiger partial charge in [-0.2, -0.15) is 0 Å². The second kappa shape index (κ2) is 40.9. The first kappa shape index (κ1) is 56.5. The minimum Gasteiger partial charge on any atom is -0.481 e. The largest absolute Gasteiger partial charge is 0.481 e. The molecule has 0 spiro atoms. The highest BCUT2D eigenvalue weighted by Crippen LogP contribution is 2.14. The summed E-state index contributed by atoms with van der Waals surface area (Å²) < 4.78 is 21.5. The van der Waals surface area contributed by atoms with Gasteiger partial charge in [0.05, 0.1) is 33.0 Å². The molecule has 60 heavy (non-hydrogen) atoms. The molecule has 0 rings (SSSR count). The molecule has 0 aromatic rings. The topological polar surface area (TPSA) is 233 Å². The van der Waals surface area contributed by atoms with Crippen molar-refractivity contribution in [2.24, 2.45) is 5.92 Å². The molecular weight excluding hydrogens is 778 g/mol. The molecule has 0 aliphatic rings. The standard InChI is InChI=1S/C44H79N3O13/c1-36(37(2)48)20-17-18-26-45-42(52)35-60-33-30-57-28-19-21-38(49)34-59-32-31-58-29-27-46-40(50)25-24-39(44(55)56)47-41(51)22-15-13-11-9-7-5-3-4-6-8-10-12-14-16-23-43(53)54/h36,39H,3-35H2,1-2H3,(H,45,52)(H,46,50)(H,47,51)(H,53,54)(H,55,56)/t36-,39?/m0/s1. The number of unbranched alkanes of at least 4 members (excludes halogenated alkanes) is 14. The van der Waals surface area contributed by atoms with E-state index in [1.165, 1.54) is 44.9 Å². The first-order valence-electron chi connectivity index (χ1n) is 22.5. The number of carbonyl (C=O) groups excluding carboxylic acids is 5. The molecule has 348 valence electrons. The fourth-order valence-corrected chi connectivity index (χ4v) is 6.13. The van der Waals surface area contributed by atoms with Crippen LogP contribution in [0.2, 0.25) is 0 Å². The van der Waals surface area contributed by atoms with Gasteiger partial charge in [-0.1, -0.05) is 90.4 Å². The van der Waals surface area contributed by atoms with Gasteiger partial charge in [-0.25, -0.2) is 4.79 Å². The Balaban J connectivity index is 3.65. The number of carboxylic acid groups (broad SMARTS) is 2. The Bertz CT molecular complexity index is 1170. The molecule has 0 heterocycles. The number of amides is 3. The average molecular weight is 858 g/mol. The smallest absolute Gasteiger partial charge is 0.326 e. The lowest BCUT2D eigenvalue weighted by atomic mass is 10.0. The average Bonchev–Trinajstić information content (AvgIpc) is 3.20. The van der Waals surface area contributed by atoms with Crippen LogP contribution in [0.15, 0.2) is 0 Å². The number of nitrogens with one attached hydrogen (secondary N) is 3. The summed E-state index contributed by atoms with van der Waals surface area (Å²) in [6, 6.07) is -1.13. The first-order chi connectivity index (χ1) is 28.9. The Kier molecular flexibility index (Phi) is 38.5. The van der Waals surface area contributed by atoms with Crippen molar-refractivity contribution in [1.29, 1.82) is 0 Å². The van der Waals surface area contributed by atoms with E-state index in [0.717, 1.165) is 57.8 Å². The maximum absolute atomic E-state index is 12.3. The highest BCUT2D eigenvalue weighted by atomic mass is 16.5. The third-order valence-electron chi connectivity index (χ3n) is 9.97. The fraction of sp³-hybridized carbons (Fsp3) is 0.841. The van der Waals surface area contributed by atoms with Crippen molar-refractivity contribution in [2.75, 3.05) is 65.9 Å². The molecule has 0 aromatic heterocycles. The van der Waals surface area contributed by atoms with E-state index in [9.17, 15) is 38.7 Å². The van der Waals surface area contributed by atoms with Gasteiger partial charge in [-0.3, -0.25) is 28.8 Å². The number of aliphatic carboxylic acids is 2. The summed E-state index contributed by atoms with van der Waals surface area (Å²) in [5.74, 6) is -2.58. The minimum absolute atomic E-state index is 0.0186. The van der Waals surface area contributed by atoms with Crippen molar-refractivity contribution in [2.45, 2.75) is 168 Å². The van der Waals surface area contributed by atoms with Crippen LogP contribution in [-0.2, 0) is 52.5 Å². The van der Waals surface area contributed by atoms with Gasteiger partial charge in [0.1, 0.15) is 25.0 Å². The summed E-state index contributed by atoms with van der Waals surface area (Å²) in [5, 5.41) is 26.2. The number of carbonyl (C=O) groups is 7. The lowest BCUT2D eigenvalue weighted by Gasteiger charge is -2.14. The summed E-state index contributed by atoms with van der Waals surface area (Å²) in [5.41, 5.74) is 0. The molecule has 0 bridgehead atoms. The van der Waals surface area contributed by atoms with E-state index < -0.39 is 18.0 Å². The molecule has 3 amide bonds.